The lowest BCUT2D eigenvalue weighted by molar-refractivity contribution is 1.41. The number of nitrogens with one attached hydrogen (secondary N) is 1. The zero-order chi connectivity index (χ0) is 11.9. The van der Waals surface area contributed by atoms with Gasteiger partial charge in [0.05, 0.1) is 21.3 Å². The Morgan fingerprint density at radius 2 is 2.06 bits per heavy atom. The summed E-state index contributed by atoms with van der Waals surface area (Å²) >= 11 is 1.75. The highest BCUT2D eigenvalue weighted by molar-refractivity contribution is 7.22. The van der Waals surface area contributed by atoms with Crippen molar-refractivity contribution < 1.29 is 0 Å². The van der Waals surface area contributed by atoms with Gasteiger partial charge in [-0.25, -0.2) is 0 Å². The van der Waals surface area contributed by atoms with Gasteiger partial charge in [-0.3, -0.25) is 9.97 Å². The average molecular weight is 251 g/mol. The SMILES string of the molecule is c1cnc2cc(-c3cnc4cc[nH]c4c3)sc2c1. The van der Waals surface area contributed by atoms with Crippen molar-refractivity contribution in [1.82, 2.24) is 15.0 Å². The largest absolute Gasteiger partial charge is 0.360 e. The highest BCUT2D eigenvalue weighted by Gasteiger charge is 2.06. The molecule has 4 aromatic rings. The van der Waals surface area contributed by atoms with Crippen LogP contribution in [0.25, 0.3) is 31.7 Å². The molecule has 86 valence electrons. The van der Waals surface area contributed by atoms with E-state index in [9.17, 15) is 0 Å². The van der Waals surface area contributed by atoms with Crippen molar-refractivity contribution in [2.75, 3.05) is 0 Å². The minimum Gasteiger partial charge on any atom is -0.360 e. The normalized spacial score (nSPS) is 11.3. The minimum atomic E-state index is 0.998. The number of rotatable bonds is 1. The van der Waals surface area contributed by atoms with Crippen LogP contribution in [0.3, 0.4) is 0 Å². The van der Waals surface area contributed by atoms with Crippen LogP contribution in [0.15, 0.2) is 48.9 Å². The summed E-state index contributed by atoms with van der Waals surface area (Å²) in [6.07, 6.45) is 5.65. The molecule has 0 aliphatic rings. The second-order valence-corrected chi connectivity index (χ2v) is 5.22. The van der Waals surface area contributed by atoms with E-state index in [0.29, 0.717) is 0 Å². The fraction of sp³-hybridized carbons (Fsp3) is 0. The van der Waals surface area contributed by atoms with Gasteiger partial charge in [-0.05, 0) is 30.3 Å². The van der Waals surface area contributed by atoms with Gasteiger partial charge >= 0.3 is 0 Å². The zero-order valence-corrected chi connectivity index (χ0v) is 10.2. The maximum Gasteiger partial charge on any atom is 0.0879 e. The van der Waals surface area contributed by atoms with Gasteiger partial charge in [-0.1, -0.05) is 0 Å². The third kappa shape index (κ3) is 1.43. The molecule has 0 fully saturated rings. The van der Waals surface area contributed by atoms with Crippen LogP contribution in [0.4, 0.5) is 0 Å². The Labute approximate surface area is 107 Å². The number of thiophene rings is 1. The molecule has 3 nitrogen and oxygen atoms in total. The van der Waals surface area contributed by atoms with E-state index in [1.807, 2.05) is 30.7 Å². The topological polar surface area (TPSA) is 41.6 Å². The summed E-state index contributed by atoms with van der Waals surface area (Å²) in [6.45, 7) is 0. The Morgan fingerprint density at radius 3 is 3.00 bits per heavy atom. The Morgan fingerprint density at radius 1 is 1.06 bits per heavy atom. The molecule has 0 aliphatic heterocycles. The quantitative estimate of drug-likeness (QED) is 0.558. The van der Waals surface area contributed by atoms with Gasteiger partial charge < -0.3 is 4.98 Å². The fourth-order valence-corrected chi connectivity index (χ4v) is 3.08. The number of aromatic amines is 1. The monoisotopic (exact) mass is 251 g/mol. The van der Waals surface area contributed by atoms with Gasteiger partial charge in [-0.15, -0.1) is 11.3 Å². The summed E-state index contributed by atoms with van der Waals surface area (Å²) in [5.74, 6) is 0. The molecule has 0 aromatic carbocycles. The molecule has 0 aliphatic carbocycles. The van der Waals surface area contributed by atoms with Crippen LogP contribution in [-0.4, -0.2) is 15.0 Å². The summed E-state index contributed by atoms with van der Waals surface area (Å²) in [5, 5.41) is 0. The molecule has 0 radical (unpaired) electrons. The molecular weight excluding hydrogens is 242 g/mol. The Balaban J connectivity index is 1.94. The van der Waals surface area contributed by atoms with E-state index in [2.05, 4.69) is 33.2 Å². The van der Waals surface area contributed by atoms with Crippen LogP contribution in [0, 0.1) is 0 Å². The number of H-pyrrole nitrogens is 1. The Bertz CT molecular complexity index is 811. The van der Waals surface area contributed by atoms with Gasteiger partial charge in [0.15, 0.2) is 0 Å². The second kappa shape index (κ2) is 3.65. The van der Waals surface area contributed by atoms with E-state index >= 15 is 0 Å². The fourth-order valence-electron chi connectivity index (χ4n) is 2.08. The van der Waals surface area contributed by atoms with Gasteiger partial charge in [0.25, 0.3) is 0 Å². The van der Waals surface area contributed by atoms with E-state index in [0.717, 1.165) is 22.1 Å². The average Bonchev–Trinajstić information content (AvgIpc) is 3.04. The van der Waals surface area contributed by atoms with Gasteiger partial charge in [-0.2, -0.15) is 0 Å². The summed E-state index contributed by atoms with van der Waals surface area (Å²) in [5.41, 5.74) is 4.24. The predicted molar refractivity (Wildman–Crippen MR) is 74.7 cm³/mol. The van der Waals surface area contributed by atoms with Crippen LogP contribution in [-0.2, 0) is 0 Å². The highest BCUT2D eigenvalue weighted by Crippen LogP contribution is 2.32. The summed E-state index contributed by atoms with van der Waals surface area (Å²) < 4.78 is 1.21. The number of nitrogens with zero attached hydrogens (tertiary/aromatic N) is 2. The van der Waals surface area contributed by atoms with Crippen molar-refractivity contribution in [3.63, 3.8) is 0 Å². The first kappa shape index (κ1) is 9.79. The molecule has 0 amide bonds. The lowest BCUT2D eigenvalue weighted by atomic mass is 10.2. The minimum absolute atomic E-state index is 0.998. The van der Waals surface area contributed by atoms with Gasteiger partial charge in [0.2, 0.25) is 0 Å². The first-order chi connectivity index (χ1) is 8.90. The van der Waals surface area contributed by atoms with Crippen LogP contribution in [0.2, 0.25) is 0 Å². The van der Waals surface area contributed by atoms with Crippen LogP contribution < -0.4 is 0 Å². The van der Waals surface area contributed by atoms with E-state index in [-0.39, 0.29) is 0 Å². The van der Waals surface area contributed by atoms with Crippen molar-refractivity contribution in [2.45, 2.75) is 0 Å². The number of hydrogen-bond donors (Lipinski definition) is 1. The molecule has 0 saturated heterocycles. The van der Waals surface area contributed by atoms with E-state index in [1.165, 1.54) is 9.58 Å². The summed E-state index contributed by atoms with van der Waals surface area (Å²) in [6, 6.07) is 10.3. The zero-order valence-electron chi connectivity index (χ0n) is 9.42. The maximum absolute atomic E-state index is 4.44. The van der Waals surface area contributed by atoms with Gasteiger partial charge in [0.1, 0.15) is 0 Å². The molecule has 0 atom stereocenters. The highest BCUT2D eigenvalue weighted by atomic mass is 32.1. The number of pyridine rings is 2. The smallest absolute Gasteiger partial charge is 0.0879 e. The van der Waals surface area contributed by atoms with Crippen molar-refractivity contribution in [2.24, 2.45) is 0 Å². The Hall–Kier alpha value is -2.20. The van der Waals surface area contributed by atoms with Crippen LogP contribution in [0.5, 0.6) is 0 Å². The van der Waals surface area contributed by atoms with Crippen molar-refractivity contribution in [3.05, 3.63) is 48.9 Å². The lowest BCUT2D eigenvalue weighted by Gasteiger charge is -1.96. The molecule has 0 saturated carbocycles. The standard InChI is InChI=1S/C14H9N3S/c1-2-13-12(15-4-1)7-14(18-13)9-6-11-10(17-8-9)3-5-16-11/h1-8,16H. The summed E-state index contributed by atoms with van der Waals surface area (Å²) in [7, 11) is 0. The lowest BCUT2D eigenvalue weighted by Crippen LogP contribution is -1.77. The van der Waals surface area contributed by atoms with Crippen LogP contribution >= 0.6 is 11.3 Å². The molecule has 4 heterocycles. The van der Waals surface area contributed by atoms with E-state index in [1.54, 1.807) is 11.3 Å². The first-order valence-electron chi connectivity index (χ1n) is 5.68. The first-order valence-corrected chi connectivity index (χ1v) is 6.50. The van der Waals surface area contributed by atoms with Crippen LogP contribution in [0.1, 0.15) is 0 Å². The maximum atomic E-state index is 4.44. The number of aromatic nitrogens is 3. The molecule has 4 rings (SSSR count). The summed E-state index contributed by atoms with van der Waals surface area (Å²) in [4.78, 5) is 13.2. The van der Waals surface area contributed by atoms with Crippen molar-refractivity contribution >= 4 is 32.6 Å². The Kier molecular flexibility index (Phi) is 1.98. The predicted octanol–water partition coefficient (Wildman–Crippen LogP) is 3.84. The molecule has 18 heavy (non-hydrogen) atoms. The van der Waals surface area contributed by atoms with E-state index < -0.39 is 0 Å². The molecule has 0 spiro atoms. The van der Waals surface area contributed by atoms with Gasteiger partial charge in [0, 0.05) is 29.0 Å². The van der Waals surface area contributed by atoms with Crippen molar-refractivity contribution in [3.8, 4) is 10.4 Å². The number of hydrogen-bond acceptors (Lipinski definition) is 3. The molecule has 4 heteroatoms. The second-order valence-electron chi connectivity index (χ2n) is 4.13. The molecule has 4 aromatic heterocycles. The molecule has 1 N–H and O–H groups in total. The number of fused-ring (bicyclic) bond motifs is 2. The van der Waals surface area contributed by atoms with Crippen molar-refractivity contribution in [1.29, 1.82) is 0 Å². The molecule has 0 unspecified atom stereocenters. The molecular formula is C14H9N3S. The third-order valence-electron chi connectivity index (χ3n) is 2.97. The third-order valence-corrected chi connectivity index (χ3v) is 4.11. The molecule has 0 bridgehead atoms. The van der Waals surface area contributed by atoms with E-state index in [4.69, 9.17) is 0 Å².